The lowest BCUT2D eigenvalue weighted by atomic mass is 10.1. The van der Waals surface area contributed by atoms with Crippen LogP contribution in [0.25, 0.3) is 0 Å². The number of rotatable bonds is 7. The molecule has 0 heterocycles. The molecule has 0 saturated heterocycles. The van der Waals surface area contributed by atoms with Crippen molar-refractivity contribution in [1.29, 1.82) is 0 Å². The second kappa shape index (κ2) is 6.80. The molecule has 0 aliphatic heterocycles. The third-order valence-electron chi connectivity index (χ3n) is 1.95. The molecule has 0 rings (SSSR count). The molecule has 0 radical (unpaired) electrons. The molecule has 0 aromatic rings. The topological polar surface area (TPSA) is 24.1 Å². The van der Waals surface area contributed by atoms with Gasteiger partial charge in [-0.15, -0.1) is 13.2 Å². The van der Waals surface area contributed by atoms with Crippen LogP contribution in [-0.4, -0.2) is 24.2 Å². The summed E-state index contributed by atoms with van der Waals surface area (Å²) in [5.74, 6) is 0. The Hall–Kier alpha value is -0.600. The molecule has 0 amide bonds. The summed E-state index contributed by atoms with van der Waals surface area (Å²) in [7, 11) is 0. The van der Waals surface area contributed by atoms with Crippen molar-refractivity contribution < 1.29 is 0 Å². The first-order valence-corrected chi connectivity index (χ1v) is 5.28. The minimum atomic E-state index is 0.245. The number of hydrogen-bond acceptors (Lipinski definition) is 2. The van der Waals surface area contributed by atoms with E-state index < -0.39 is 0 Å². The maximum atomic E-state index is 3.84. The van der Waals surface area contributed by atoms with Crippen molar-refractivity contribution in [1.82, 2.24) is 10.6 Å². The largest absolute Gasteiger partial charge is 0.307 e. The van der Waals surface area contributed by atoms with E-state index in [2.05, 4.69) is 51.5 Å². The Kier molecular flexibility index (Phi) is 6.50. The molecule has 0 aromatic carbocycles. The lowest BCUT2D eigenvalue weighted by Gasteiger charge is -2.27. The molecule has 0 fully saturated rings. The first-order valence-electron chi connectivity index (χ1n) is 5.28. The van der Waals surface area contributed by atoms with Crippen molar-refractivity contribution in [3.05, 3.63) is 25.3 Å². The third-order valence-corrected chi connectivity index (χ3v) is 1.95. The highest BCUT2D eigenvalue weighted by molar-refractivity contribution is 5.04. The SMILES string of the molecule is C=CC(NC(C)C)C(C=C)NC(C)C. The van der Waals surface area contributed by atoms with E-state index in [-0.39, 0.29) is 12.1 Å². The lowest BCUT2D eigenvalue weighted by Crippen LogP contribution is -2.49. The van der Waals surface area contributed by atoms with Crippen LogP contribution in [0.15, 0.2) is 25.3 Å². The predicted octanol–water partition coefficient (Wildman–Crippen LogP) is 2.09. The number of hydrogen-bond donors (Lipinski definition) is 2. The standard InChI is InChI=1S/C12H24N2/c1-7-11(13-9(3)4)12(8-2)14-10(5)6/h7-14H,1-2H2,3-6H3. The molecule has 0 aliphatic rings. The zero-order valence-corrected chi connectivity index (χ0v) is 9.88. The van der Waals surface area contributed by atoms with Crippen molar-refractivity contribution in [3.8, 4) is 0 Å². The van der Waals surface area contributed by atoms with Crippen LogP contribution in [0.4, 0.5) is 0 Å². The van der Waals surface area contributed by atoms with Gasteiger partial charge in [-0.1, -0.05) is 39.8 Å². The van der Waals surface area contributed by atoms with Gasteiger partial charge in [0.25, 0.3) is 0 Å². The van der Waals surface area contributed by atoms with Crippen LogP contribution >= 0.6 is 0 Å². The molecular formula is C12H24N2. The second-order valence-electron chi connectivity index (χ2n) is 4.17. The Morgan fingerprint density at radius 1 is 0.786 bits per heavy atom. The van der Waals surface area contributed by atoms with Crippen molar-refractivity contribution in [2.75, 3.05) is 0 Å². The third kappa shape index (κ3) is 5.20. The average Bonchev–Trinajstić information content (AvgIpc) is 2.10. The highest BCUT2D eigenvalue weighted by Gasteiger charge is 2.16. The minimum absolute atomic E-state index is 0.245. The van der Waals surface area contributed by atoms with E-state index in [9.17, 15) is 0 Å². The molecule has 0 spiro atoms. The first kappa shape index (κ1) is 13.4. The fourth-order valence-electron chi connectivity index (χ4n) is 1.41. The highest BCUT2D eigenvalue weighted by Crippen LogP contribution is 2.00. The van der Waals surface area contributed by atoms with E-state index in [0.717, 1.165) is 0 Å². The van der Waals surface area contributed by atoms with Gasteiger partial charge in [-0.25, -0.2) is 0 Å². The average molecular weight is 196 g/mol. The molecule has 82 valence electrons. The van der Waals surface area contributed by atoms with Gasteiger partial charge in [-0.3, -0.25) is 0 Å². The molecule has 2 nitrogen and oxygen atoms in total. The minimum Gasteiger partial charge on any atom is -0.307 e. The molecule has 2 unspecified atom stereocenters. The summed E-state index contributed by atoms with van der Waals surface area (Å²) >= 11 is 0. The van der Waals surface area contributed by atoms with Gasteiger partial charge in [0, 0.05) is 24.2 Å². The molecule has 0 saturated carbocycles. The van der Waals surface area contributed by atoms with Crippen LogP contribution < -0.4 is 10.6 Å². The Balaban J connectivity index is 4.28. The molecule has 14 heavy (non-hydrogen) atoms. The molecule has 0 aromatic heterocycles. The van der Waals surface area contributed by atoms with Gasteiger partial charge < -0.3 is 10.6 Å². The van der Waals surface area contributed by atoms with Crippen molar-refractivity contribution >= 4 is 0 Å². The smallest absolute Gasteiger partial charge is 0.0441 e. The van der Waals surface area contributed by atoms with E-state index in [1.807, 2.05) is 12.2 Å². The zero-order valence-electron chi connectivity index (χ0n) is 9.88. The molecule has 0 aliphatic carbocycles. The van der Waals surface area contributed by atoms with Gasteiger partial charge in [0.1, 0.15) is 0 Å². The number of nitrogens with one attached hydrogen (secondary N) is 2. The Bertz CT molecular complexity index is 153. The van der Waals surface area contributed by atoms with Gasteiger partial charge in [-0.05, 0) is 0 Å². The fraction of sp³-hybridized carbons (Fsp3) is 0.667. The van der Waals surface area contributed by atoms with Gasteiger partial charge in [-0.2, -0.15) is 0 Å². The van der Waals surface area contributed by atoms with Crippen molar-refractivity contribution in [2.24, 2.45) is 0 Å². The molecule has 2 atom stereocenters. The fourth-order valence-corrected chi connectivity index (χ4v) is 1.41. The molecule has 2 N–H and O–H groups in total. The van der Waals surface area contributed by atoms with Crippen LogP contribution in [0.1, 0.15) is 27.7 Å². The second-order valence-corrected chi connectivity index (χ2v) is 4.17. The summed E-state index contributed by atoms with van der Waals surface area (Å²) in [5, 5.41) is 6.87. The predicted molar refractivity (Wildman–Crippen MR) is 64.5 cm³/mol. The van der Waals surface area contributed by atoms with Crippen LogP contribution in [0, 0.1) is 0 Å². The van der Waals surface area contributed by atoms with E-state index in [1.165, 1.54) is 0 Å². The Morgan fingerprint density at radius 3 is 1.21 bits per heavy atom. The maximum absolute atomic E-state index is 3.84. The molecular weight excluding hydrogens is 172 g/mol. The van der Waals surface area contributed by atoms with Crippen LogP contribution in [0.5, 0.6) is 0 Å². The summed E-state index contributed by atoms with van der Waals surface area (Å²) in [4.78, 5) is 0. The van der Waals surface area contributed by atoms with Crippen LogP contribution in [0.3, 0.4) is 0 Å². The van der Waals surface area contributed by atoms with Gasteiger partial charge in [0.15, 0.2) is 0 Å². The van der Waals surface area contributed by atoms with Gasteiger partial charge in [0.2, 0.25) is 0 Å². The van der Waals surface area contributed by atoms with Gasteiger partial charge in [0.05, 0.1) is 0 Å². The highest BCUT2D eigenvalue weighted by atomic mass is 15.0. The van der Waals surface area contributed by atoms with E-state index >= 15 is 0 Å². The summed E-state index contributed by atoms with van der Waals surface area (Å²) < 4.78 is 0. The molecule has 2 heteroatoms. The van der Waals surface area contributed by atoms with Gasteiger partial charge >= 0.3 is 0 Å². The Morgan fingerprint density at radius 2 is 1.07 bits per heavy atom. The van der Waals surface area contributed by atoms with Crippen LogP contribution in [0.2, 0.25) is 0 Å². The van der Waals surface area contributed by atoms with Crippen LogP contribution in [-0.2, 0) is 0 Å². The molecule has 0 bridgehead atoms. The monoisotopic (exact) mass is 196 g/mol. The normalized spacial score (nSPS) is 15.6. The quantitative estimate of drug-likeness (QED) is 0.609. The van der Waals surface area contributed by atoms with E-state index in [0.29, 0.717) is 12.1 Å². The summed E-state index contributed by atoms with van der Waals surface area (Å²) in [6.45, 7) is 16.2. The first-order chi connectivity index (χ1) is 6.51. The van der Waals surface area contributed by atoms with Crippen molar-refractivity contribution in [2.45, 2.75) is 51.9 Å². The van der Waals surface area contributed by atoms with E-state index in [4.69, 9.17) is 0 Å². The lowest BCUT2D eigenvalue weighted by molar-refractivity contribution is 0.415. The zero-order chi connectivity index (χ0) is 11.1. The summed E-state index contributed by atoms with van der Waals surface area (Å²) in [6.07, 6.45) is 3.86. The van der Waals surface area contributed by atoms with Crippen molar-refractivity contribution in [3.63, 3.8) is 0 Å². The maximum Gasteiger partial charge on any atom is 0.0441 e. The Labute approximate surface area is 88.5 Å². The summed E-state index contributed by atoms with van der Waals surface area (Å²) in [6, 6.07) is 1.40. The van der Waals surface area contributed by atoms with E-state index in [1.54, 1.807) is 0 Å². The summed E-state index contributed by atoms with van der Waals surface area (Å²) in [5.41, 5.74) is 0.